The third-order valence-electron chi connectivity index (χ3n) is 3.26. The molecule has 0 saturated heterocycles. The van der Waals surface area contributed by atoms with E-state index in [1.165, 1.54) is 24.3 Å². The van der Waals surface area contributed by atoms with Crippen molar-refractivity contribution >= 4 is 23.2 Å². The van der Waals surface area contributed by atoms with Crippen molar-refractivity contribution in [3.05, 3.63) is 69.8 Å². The van der Waals surface area contributed by atoms with Crippen LogP contribution in [0.5, 0.6) is 0 Å². The molecule has 0 aliphatic rings. The summed E-state index contributed by atoms with van der Waals surface area (Å²) in [4.78, 5) is 34.2. The number of nitrogens with zero attached hydrogens (tertiary/aromatic N) is 1. The Hall–Kier alpha value is -3.22. The van der Waals surface area contributed by atoms with E-state index in [9.17, 15) is 19.7 Å². The van der Waals surface area contributed by atoms with Crippen LogP contribution < -0.4 is 10.6 Å². The van der Waals surface area contributed by atoms with Crippen molar-refractivity contribution in [1.82, 2.24) is 5.32 Å². The summed E-state index contributed by atoms with van der Waals surface area (Å²) in [6.07, 6.45) is 0.836. The normalized spacial score (nSPS) is 10.0. The van der Waals surface area contributed by atoms with E-state index in [2.05, 4.69) is 10.6 Å². The number of benzene rings is 2. The van der Waals surface area contributed by atoms with Gasteiger partial charge in [0.15, 0.2) is 0 Å². The van der Waals surface area contributed by atoms with Gasteiger partial charge in [0, 0.05) is 35.5 Å². The molecule has 2 rings (SSSR count). The van der Waals surface area contributed by atoms with Gasteiger partial charge in [-0.2, -0.15) is 0 Å². The van der Waals surface area contributed by atoms with Gasteiger partial charge in [-0.1, -0.05) is 13.0 Å². The van der Waals surface area contributed by atoms with Gasteiger partial charge in [-0.25, -0.2) is 0 Å². The molecule has 0 aromatic heterocycles. The lowest BCUT2D eigenvalue weighted by Gasteiger charge is -2.08. The maximum absolute atomic E-state index is 12.2. The average Bonchev–Trinajstić information content (AvgIpc) is 2.60. The molecule has 2 N–H and O–H groups in total. The Bertz CT molecular complexity index is 757. The molecule has 0 fully saturated rings. The summed E-state index contributed by atoms with van der Waals surface area (Å²) in [5.41, 5.74) is 1.13. The van der Waals surface area contributed by atoms with Crippen molar-refractivity contribution in [1.29, 1.82) is 0 Å². The molecule has 0 spiro atoms. The summed E-state index contributed by atoms with van der Waals surface area (Å²) in [5.74, 6) is -0.612. The van der Waals surface area contributed by atoms with Crippen LogP contribution in [0.25, 0.3) is 0 Å². The second-order valence-corrected chi connectivity index (χ2v) is 5.09. The van der Waals surface area contributed by atoms with Gasteiger partial charge in [-0.05, 0) is 36.8 Å². The number of nitro groups is 1. The zero-order valence-corrected chi connectivity index (χ0v) is 13.1. The van der Waals surface area contributed by atoms with Crippen molar-refractivity contribution in [3.8, 4) is 0 Å². The number of non-ortho nitro benzene ring substituents is 1. The minimum absolute atomic E-state index is 0.0823. The smallest absolute Gasteiger partial charge is 0.269 e. The summed E-state index contributed by atoms with van der Waals surface area (Å²) in [7, 11) is 0. The Morgan fingerprint density at radius 2 is 1.75 bits per heavy atom. The molecule has 24 heavy (non-hydrogen) atoms. The predicted molar refractivity (Wildman–Crippen MR) is 90.1 cm³/mol. The Morgan fingerprint density at radius 1 is 1.04 bits per heavy atom. The van der Waals surface area contributed by atoms with Crippen molar-refractivity contribution in [2.24, 2.45) is 0 Å². The van der Waals surface area contributed by atoms with Crippen molar-refractivity contribution in [2.75, 3.05) is 11.9 Å². The number of carbonyl (C=O) groups is 2. The van der Waals surface area contributed by atoms with Gasteiger partial charge in [0.05, 0.1) is 4.92 Å². The first-order valence-corrected chi connectivity index (χ1v) is 7.45. The molecule has 0 aliphatic heterocycles. The number of nitrogens with one attached hydrogen (secondary N) is 2. The van der Waals surface area contributed by atoms with Crippen molar-refractivity contribution in [3.63, 3.8) is 0 Å². The number of rotatable bonds is 6. The molecular formula is C17H17N3O4. The maximum Gasteiger partial charge on any atom is 0.269 e. The van der Waals surface area contributed by atoms with Gasteiger partial charge >= 0.3 is 0 Å². The first-order valence-electron chi connectivity index (χ1n) is 7.45. The number of anilines is 1. The van der Waals surface area contributed by atoms with Crippen LogP contribution in [0, 0.1) is 10.1 Å². The molecule has 0 aliphatic carbocycles. The molecule has 0 heterocycles. The zero-order valence-electron chi connectivity index (χ0n) is 13.1. The molecule has 0 atom stereocenters. The SMILES string of the molecule is CCCNC(=O)c1cccc(NC(=O)c2ccc([N+](=O)[O-])cc2)c1. The standard InChI is InChI=1S/C17H17N3O4/c1-2-10-18-16(21)13-4-3-5-14(11-13)19-17(22)12-6-8-15(9-7-12)20(23)24/h3-9,11H,2,10H2,1H3,(H,18,21)(H,19,22). The van der Waals surface area contributed by atoms with E-state index >= 15 is 0 Å². The Kier molecular flexibility index (Phi) is 5.62. The molecule has 0 bridgehead atoms. The van der Waals surface area contributed by atoms with Crippen molar-refractivity contribution < 1.29 is 14.5 Å². The van der Waals surface area contributed by atoms with Crippen molar-refractivity contribution in [2.45, 2.75) is 13.3 Å². The Morgan fingerprint density at radius 3 is 2.38 bits per heavy atom. The third kappa shape index (κ3) is 4.39. The number of carbonyl (C=O) groups excluding carboxylic acids is 2. The van der Waals surface area contributed by atoms with E-state index in [0.29, 0.717) is 23.4 Å². The van der Waals surface area contributed by atoms with Gasteiger partial charge in [-0.15, -0.1) is 0 Å². The lowest BCUT2D eigenvalue weighted by Crippen LogP contribution is -2.24. The highest BCUT2D eigenvalue weighted by Gasteiger charge is 2.11. The van der Waals surface area contributed by atoms with Gasteiger partial charge in [-0.3, -0.25) is 19.7 Å². The molecule has 0 radical (unpaired) electrons. The first-order chi connectivity index (χ1) is 11.5. The molecule has 2 aromatic rings. The fourth-order valence-corrected chi connectivity index (χ4v) is 2.02. The van der Waals surface area contributed by atoms with E-state index in [-0.39, 0.29) is 11.6 Å². The van der Waals surface area contributed by atoms with Gasteiger partial charge in [0.2, 0.25) is 0 Å². The number of hydrogen-bond donors (Lipinski definition) is 2. The number of amides is 2. The molecule has 0 saturated carbocycles. The van der Waals surface area contributed by atoms with E-state index < -0.39 is 10.8 Å². The second-order valence-electron chi connectivity index (χ2n) is 5.09. The summed E-state index contributed by atoms with van der Waals surface area (Å²) >= 11 is 0. The lowest BCUT2D eigenvalue weighted by atomic mass is 10.1. The average molecular weight is 327 g/mol. The largest absolute Gasteiger partial charge is 0.352 e. The summed E-state index contributed by atoms with van der Waals surface area (Å²) in [6.45, 7) is 2.54. The van der Waals surface area contributed by atoms with Gasteiger partial charge < -0.3 is 10.6 Å². The maximum atomic E-state index is 12.2. The monoisotopic (exact) mass is 327 g/mol. The molecule has 2 aromatic carbocycles. The number of hydrogen-bond acceptors (Lipinski definition) is 4. The predicted octanol–water partition coefficient (Wildman–Crippen LogP) is 2.99. The van der Waals surface area contributed by atoms with Crippen LogP contribution in [-0.4, -0.2) is 23.3 Å². The topological polar surface area (TPSA) is 101 Å². The van der Waals surface area contributed by atoms with Crippen LogP contribution in [0.4, 0.5) is 11.4 Å². The van der Waals surface area contributed by atoms with Crippen LogP contribution in [0.15, 0.2) is 48.5 Å². The zero-order chi connectivity index (χ0) is 17.5. The van der Waals surface area contributed by atoms with E-state index in [0.717, 1.165) is 6.42 Å². The highest BCUT2D eigenvalue weighted by Crippen LogP contribution is 2.15. The third-order valence-corrected chi connectivity index (χ3v) is 3.26. The van der Waals surface area contributed by atoms with Crippen LogP contribution >= 0.6 is 0 Å². The van der Waals surface area contributed by atoms with Crippen LogP contribution in [-0.2, 0) is 0 Å². The highest BCUT2D eigenvalue weighted by atomic mass is 16.6. The van der Waals surface area contributed by atoms with Crippen LogP contribution in [0.3, 0.4) is 0 Å². The summed E-state index contributed by atoms with van der Waals surface area (Å²) < 4.78 is 0. The fourth-order valence-electron chi connectivity index (χ4n) is 2.02. The molecule has 0 unspecified atom stereocenters. The molecule has 7 nitrogen and oxygen atoms in total. The number of nitro benzene ring substituents is 1. The minimum atomic E-state index is -0.528. The molecular weight excluding hydrogens is 310 g/mol. The fraction of sp³-hybridized carbons (Fsp3) is 0.176. The highest BCUT2D eigenvalue weighted by molar-refractivity contribution is 6.05. The summed E-state index contributed by atoms with van der Waals surface area (Å²) in [6, 6.07) is 11.9. The van der Waals surface area contributed by atoms with Crippen LogP contribution in [0.1, 0.15) is 34.1 Å². The van der Waals surface area contributed by atoms with Gasteiger partial charge in [0.1, 0.15) is 0 Å². The molecule has 2 amide bonds. The minimum Gasteiger partial charge on any atom is -0.352 e. The summed E-state index contributed by atoms with van der Waals surface area (Å²) in [5, 5.41) is 16.0. The first kappa shape index (κ1) is 17.1. The van der Waals surface area contributed by atoms with Gasteiger partial charge in [0.25, 0.3) is 17.5 Å². The quantitative estimate of drug-likeness (QED) is 0.629. The molecule has 124 valence electrons. The van der Waals surface area contributed by atoms with Crippen LogP contribution in [0.2, 0.25) is 0 Å². The van der Waals surface area contributed by atoms with E-state index in [4.69, 9.17) is 0 Å². The molecule has 7 heteroatoms. The Labute approximate surface area is 138 Å². The lowest BCUT2D eigenvalue weighted by molar-refractivity contribution is -0.384. The second kappa shape index (κ2) is 7.87. The Balaban J connectivity index is 2.08. The van der Waals surface area contributed by atoms with E-state index in [1.807, 2.05) is 6.92 Å². The van der Waals surface area contributed by atoms with E-state index in [1.54, 1.807) is 24.3 Å².